The molecule has 0 unspecified atom stereocenters. The van der Waals surface area contributed by atoms with E-state index in [0.29, 0.717) is 26.1 Å². The number of para-hydroxylation sites is 1. The van der Waals surface area contributed by atoms with Crippen LogP contribution in [0.15, 0.2) is 54.6 Å². The van der Waals surface area contributed by atoms with Gasteiger partial charge < -0.3 is 19.1 Å². The number of carbonyl (C=O) groups is 2. The molecule has 150 valence electrons. The van der Waals surface area contributed by atoms with E-state index < -0.39 is 0 Å². The number of carbonyl (C=O) groups excluding carboxylic acids is 2. The number of hydrogen-bond donors (Lipinski definition) is 0. The fourth-order valence-electron chi connectivity index (χ4n) is 3.93. The molecule has 0 aliphatic carbocycles. The lowest BCUT2D eigenvalue weighted by atomic mass is 10.2. The highest BCUT2D eigenvalue weighted by Crippen LogP contribution is 2.22. The Morgan fingerprint density at radius 1 is 1.07 bits per heavy atom. The number of fused-ring (bicyclic) bond motifs is 1. The third-order valence-corrected chi connectivity index (χ3v) is 5.52. The van der Waals surface area contributed by atoms with Crippen molar-refractivity contribution in [2.24, 2.45) is 0 Å². The number of hydrogen-bond acceptors (Lipinski definition) is 3. The maximum absolute atomic E-state index is 12.7. The summed E-state index contributed by atoms with van der Waals surface area (Å²) in [4.78, 5) is 28.8. The van der Waals surface area contributed by atoms with Gasteiger partial charge >= 0.3 is 0 Å². The Bertz CT molecular complexity index is 1040. The van der Waals surface area contributed by atoms with Crippen LogP contribution in [0.5, 0.6) is 5.75 Å². The SMILES string of the molecule is COc1ccc(N2CCN(C(=O)CCn3c(C)cc4ccccc43)CC2=O)cc1. The molecule has 1 aliphatic rings. The molecular formula is C23H25N3O3. The van der Waals surface area contributed by atoms with Crippen molar-refractivity contribution in [1.29, 1.82) is 0 Å². The summed E-state index contributed by atoms with van der Waals surface area (Å²) in [6.07, 6.45) is 0.384. The standard InChI is InChI=1S/C23H25N3O3/c1-17-15-18-5-3-4-6-21(18)25(17)12-11-22(27)24-13-14-26(23(28)16-24)19-7-9-20(29-2)10-8-19/h3-10,15H,11-14,16H2,1-2H3. The van der Waals surface area contributed by atoms with Crippen LogP contribution in [0.4, 0.5) is 5.69 Å². The Balaban J connectivity index is 1.38. The zero-order valence-corrected chi connectivity index (χ0v) is 16.8. The van der Waals surface area contributed by atoms with Crippen molar-refractivity contribution < 1.29 is 14.3 Å². The first kappa shape index (κ1) is 19.1. The van der Waals surface area contributed by atoms with E-state index in [0.717, 1.165) is 22.6 Å². The largest absolute Gasteiger partial charge is 0.497 e. The molecular weight excluding hydrogens is 366 g/mol. The normalized spacial score (nSPS) is 14.5. The molecule has 0 N–H and O–H groups in total. The summed E-state index contributed by atoms with van der Waals surface area (Å²) in [5.74, 6) is 0.713. The van der Waals surface area contributed by atoms with E-state index in [9.17, 15) is 9.59 Å². The first-order chi connectivity index (χ1) is 14.1. The first-order valence-electron chi connectivity index (χ1n) is 9.84. The number of amides is 2. The van der Waals surface area contributed by atoms with Crippen LogP contribution >= 0.6 is 0 Å². The van der Waals surface area contributed by atoms with Crippen LogP contribution in [-0.2, 0) is 16.1 Å². The van der Waals surface area contributed by atoms with Gasteiger partial charge in [0.2, 0.25) is 11.8 Å². The second kappa shape index (κ2) is 7.99. The number of nitrogens with zero attached hydrogens (tertiary/aromatic N) is 3. The first-order valence-corrected chi connectivity index (χ1v) is 9.84. The monoisotopic (exact) mass is 391 g/mol. The van der Waals surface area contributed by atoms with Gasteiger partial charge in [-0.15, -0.1) is 0 Å². The van der Waals surface area contributed by atoms with Gasteiger partial charge in [0.25, 0.3) is 0 Å². The highest BCUT2D eigenvalue weighted by molar-refractivity contribution is 5.98. The smallest absolute Gasteiger partial charge is 0.246 e. The Hall–Kier alpha value is -3.28. The van der Waals surface area contributed by atoms with Gasteiger partial charge in [-0.25, -0.2) is 0 Å². The van der Waals surface area contributed by atoms with Crippen molar-refractivity contribution in [3.63, 3.8) is 0 Å². The summed E-state index contributed by atoms with van der Waals surface area (Å²) < 4.78 is 7.34. The third-order valence-electron chi connectivity index (χ3n) is 5.52. The Morgan fingerprint density at radius 3 is 2.55 bits per heavy atom. The Kier molecular flexibility index (Phi) is 5.25. The lowest BCUT2D eigenvalue weighted by molar-refractivity contribution is -0.137. The predicted octanol–water partition coefficient (Wildman–Crippen LogP) is 3.22. The minimum atomic E-state index is -0.0580. The summed E-state index contributed by atoms with van der Waals surface area (Å²) in [6.45, 7) is 3.84. The van der Waals surface area contributed by atoms with Crippen molar-refractivity contribution in [2.75, 3.05) is 31.6 Å². The minimum absolute atomic E-state index is 0.0184. The van der Waals surface area contributed by atoms with Crippen LogP contribution in [0.1, 0.15) is 12.1 Å². The predicted molar refractivity (Wildman–Crippen MR) is 113 cm³/mol. The zero-order chi connectivity index (χ0) is 20.4. The average Bonchev–Trinajstić information content (AvgIpc) is 3.07. The fourth-order valence-corrected chi connectivity index (χ4v) is 3.93. The summed E-state index contributed by atoms with van der Waals surface area (Å²) in [7, 11) is 1.61. The van der Waals surface area contributed by atoms with Crippen molar-refractivity contribution in [3.8, 4) is 5.75 Å². The molecule has 4 rings (SSSR count). The number of aryl methyl sites for hydroxylation is 2. The van der Waals surface area contributed by atoms with Gasteiger partial charge in [0.05, 0.1) is 7.11 Å². The molecule has 0 bridgehead atoms. The molecule has 2 aromatic carbocycles. The lowest BCUT2D eigenvalue weighted by Gasteiger charge is -2.34. The topological polar surface area (TPSA) is 54.8 Å². The molecule has 1 fully saturated rings. The highest BCUT2D eigenvalue weighted by Gasteiger charge is 2.27. The number of ether oxygens (including phenoxy) is 1. The van der Waals surface area contributed by atoms with E-state index in [2.05, 4.69) is 29.7 Å². The van der Waals surface area contributed by atoms with Gasteiger partial charge in [0, 0.05) is 43.0 Å². The van der Waals surface area contributed by atoms with Gasteiger partial charge in [-0.3, -0.25) is 9.59 Å². The van der Waals surface area contributed by atoms with Crippen LogP contribution in [0.3, 0.4) is 0 Å². The van der Waals surface area contributed by atoms with Gasteiger partial charge in [-0.1, -0.05) is 18.2 Å². The molecule has 1 aromatic heterocycles. The molecule has 0 radical (unpaired) electrons. The van der Waals surface area contributed by atoms with E-state index in [1.165, 1.54) is 5.39 Å². The molecule has 2 heterocycles. The van der Waals surface area contributed by atoms with Gasteiger partial charge in [-0.05, 0) is 48.7 Å². The molecule has 0 atom stereocenters. The number of benzene rings is 2. The molecule has 0 spiro atoms. The van der Waals surface area contributed by atoms with E-state index in [1.807, 2.05) is 36.4 Å². The number of aromatic nitrogens is 1. The highest BCUT2D eigenvalue weighted by atomic mass is 16.5. The maximum Gasteiger partial charge on any atom is 0.246 e. The van der Waals surface area contributed by atoms with Crippen LogP contribution in [0.25, 0.3) is 10.9 Å². The maximum atomic E-state index is 12.7. The third kappa shape index (κ3) is 3.83. The summed E-state index contributed by atoms with van der Waals surface area (Å²) >= 11 is 0. The molecule has 0 saturated carbocycles. The van der Waals surface area contributed by atoms with E-state index >= 15 is 0 Å². The number of rotatable bonds is 5. The quantitative estimate of drug-likeness (QED) is 0.671. The minimum Gasteiger partial charge on any atom is -0.497 e. The van der Waals surface area contributed by atoms with Crippen molar-refractivity contribution in [2.45, 2.75) is 19.9 Å². The number of anilines is 1. The molecule has 6 heteroatoms. The van der Waals surface area contributed by atoms with E-state index in [-0.39, 0.29) is 18.4 Å². The zero-order valence-electron chi connectivity index (χ0n) is 16.8. The summed E-state index contributed by atoms with van der Waals surface area (Å²) in [5.41, 5.74) is 3.11. The Morgan fingerprint density at radius 2 is 1.83 bits per heavy atom. The van der Waals surface area contributed by atoms with Crippen LogP contribution in [0.2, 0.25) is 0 Å². The molecule has 29 heavy (non-hydrogen) atoms. The fraction of sp³-hybridized carbons (Fsp3) is 0.304. The Labute approximate surface area is 170 Å². The second-order valence-electron chi connectivity index (χ2n) is 7.30. The van der Waals surface area contributed by atoms with Crippen LogP contribution in [-0.4, -0.2) is 48.0 Å². The number of methoxy groups -OCH3 is 1. The van der Waals surface area contributed by atoms with Crippen molar-refractivity contribution in [1.82, 2.24) is 9.47 Å². The average molecular weight is 391 g/mol. The molecule has 1 saturated heterocycles. The van der Waals surface area contributed by atoms with Crippen molar-refractivity contribution in [3.05, 3.63) is 60.3 Å². The summed E-state index contributed by atoms with van der Waals surface area (Å²) in [5, 5.41) is 1.18. The second-order valence-corrected chi connectivity index (χ2v) is 7.30. The molecule has 2 amide bonds. The van der Waals surface area contributed by atoms with Crippen LogP contribution < -0.4 is 9.64 Å². The van der Waals surface area contributed by atoms with E-state index in [1.54, 1.807) is 16.9 Å². The number of piperazine rings is 1. The van der Waals surface area contributed by atoms with Gasteiger partial charge in [-0.2, -0.15) is 0 Å². The van der Waals surface area contributed by atoms with Crippen LogP contribution in [0, 0.1) is 6.92 Å². The molecule has 6 nitrogen and oxygen atoms in total. The van der Waals surface area contributed by atoms with Gasteiger partial charge in [0.1, 0.15) is 12.3 Å². The van der Waals surface area contributed by atoms with Crippen molar-refractivity contribution >= 4 is 28.4 Å². The summed E-state index contributed by atoms with van der Waals surface area (Å²) in [6, 6.07) is 17.7. The lowest BCUT2D eigenvalue weighted by Crippen LogP contribution is -2.52. The van der Waals surface area contributed by atoms with Gasteiger partial charge in [0.15, 0.2) is 0 Å². The van der Waals surface area contributed by atoms with E-state index in [4.69, 9.17) is 4.74 Å². The molecule has 1 aliphatic heterocycles. The molecule has 3 aromatic rings.